The molecule has 1 aromatic rings. The topological polar surface area (TPSA) is 18.5 Å². The first kappa shape index (κ1) is 12.8. The summed E-state index contributed by atoms with van der Waals surface area (Å²) in [4.78, 5) is 0. The minimum absolute atomic E-state index is 0.152. The molecule has 0 N–H and O–H groups in total. The van der Waals surface area contributed by atoms with Gasteiger partial charge >= 0.3 is 0 Å². The molecule has 0 bridgehead atoms. The molecule has 0 heterocycles. The molecule has 1 aromatic carbocycles. The average molecular weight is 220 g/mol. The van der Waals surface area contributed by atoms with Gasteiger partial charge in [0.1, 0.15) is 5.75 Å². The van der Waals surface area contributed by atoms with Crippen molar-refractivity contribution in [3.8, 4) is 5.75 Å². The van der Waals surface area contributed by atoms with E-state index in [1.165, 1.54) is 0 Å². The van der Waals surface area contributed by atoms with E-state index in [-0.39, 0.29) is 6.29 Å². The number of ether oxygens (including phenoxy) is 2. The molecule has 0 saturated heterocycles. The van der Waals surface area contributed by atoms with Gasteiger partial charge in [0, 0.05) is 13.0 Å². The molecule has 0 fully saturated rings. The van der Waals surface area contributed by atoms with Crippen LogP contribution < -0.4 is 4.74 Å². The fourth-order valence-corrected chi connectivity index (χ4v) is 1.39. The third-order valence-electron chi connectivity index (χ3n) is 2.30. The number of hydrogen-bond acceptors (Lipinski definition) is 2. The van der Waals surface area contributed by atoms with E-state index in [0.717, 1.165) is 23.3 Å². The molecule has 0 saturated carbocycles. The molecule has 0 aliphatic heterocycles. The summed E-state index contributed by atoms with van der Waals surface area (Å²) in [5, 5.41) is 0. The fourth-order valence-electron chi connectivity index (χ4n) is 1.39. The van der Waals surface area contributed by atoms with E-state index < -0.39 is 0 Å². The molecule has 0 radical (unpaired) electrons. The van der Waals surface area contributed by atoms with Crippen molar-refractivity contribution in [2.45, 2.75) is 33.5 Å². The van der Waals surface area contributed by atoms with Crippen molar-refractivity contribution in [3.05, 3.63) is 36.4 Å². The van der Waals surface area contributed by atoms with Crippen LogP contribution in [0.1, 0.15) is 32.8 Å². The van der Waals surface area contributed by atoms with Crippen LogP contribution in [0.15, 0.2) is 30.8 Å². The van der Waals surface area contributed by atoms with Gasteiger partial charge in [0.25, 0.3) is 0 Å². The zero-order valence-corrected chi connectivity index (χ0v) is 10.3. The lowest BCUT2D eigenvalue weighted by Gasteiger charge is -2.17. The van der Waals surface area contributed by atoms with Gasteiger partial charge in [-0.3, -0.25) is 0 Å². The lowest BCUT2D eigenvalue weighted by molar-refractivity contribution is -0.0766. The molecule has 0 aromatic heterocycles. The van der Waals surface area contributed by atoms with Gasteiger partial charge in [-0.05, 0) is 31.5 Å². The Labute approximate surface area is 97.9 Å². The Bertz CT molecular complexity index is 327. The molecule has 2 heteroatoms. The molecule has 16 heavy (non-hydrogen) atoms. The summed E-state index contributed by atoms with van der Waals surface area (Å²) in [6.45, 7) is 10.6. The minimum Gasteiger partial charge on any atom is -0.465 e. The summed E-state index contributed by atoms with van der Waals surface area (Å²) in [5.74, 6) is 0.838. The Balaban J connectivity index is 2.63. The van der Waals surface area contributed by atoms with Crippen LogP contribution in [-0.2, 0) is 4.74 Å². The van der Waals surface area contributed by atoms with Crippen LogP contribution in [0.3, 0.4) is 0 Å². The minimum atomic E-state index is -0.152. The molecule has 0 amide bonds. The predicted molar refractivity (Wildman–Crippen MR) is 67.5 cm³/mol. The molecule has 0 aliphatic rings. The summed E-state index contributed by atoms with van der Waals surface area (Å²) in [6.07, 6.45) is 0.691. The van der Waals surface area contributed by atoms with E-state index in [4.69, 9.17) is 9.47 Å². The van der Waals surface area contributed by atoms with E-state index in [0.29, 0.717) is 6.61 Å². The van der Waals surface area contributed by atoms with Crippen molar-refractivity contribution < 1.29 is 9.47 Å². The lowest BCUT2D eigenvalue weighted by atomic mass is 10.1. The zero-order valence-electron chi connectivity index (χ0n) is 10.3. The maximum Gasteiger partial charge on any atom is 0.199 e. The van der Waals surface area contributed by atoms with Gasteiger partial charge in [-0.2, -0.15) is 0 Å². The molecular formula is C14H20O2. The van der Waals surface area contributed by atoms with Crippen molar-refractivity contribution in [3.63, 3.8) is 0 Å². The molecule has 1 atom stereocenters. The highest BCUT2D eigenvalue weighted by molar-refractivity contribution is 5.61. The smallest absolute Gasteiger partial charge is 0.199 e. The Hall–Kier alpha value is -1.28. The lowest BCUT2D eigenvalue weighted by Crippen LogP contribution is -2.19. The molecule has 1 unspecified atom stereocenters. The maximum absolute atomic E-state index is 5.69. The Kier molecular flexibility index (Phi) is 5.06. The van der Waals surface area contributed by atoms with Crippen molar-refractivity contribution in [2.75, 3.05) is 6.61 Å². The van der Waals surface area contributed by atoms with Crippen LogP contribution in [-0.4, -0.2) is 12.9 Å². The van der Waals surface area contributed by atoms with Crippen molar-refractivity contribution >= 4 is 5.57 Å². The van der Waals surface area contributed by atoms with Crippen LogP contribution in [0.4, 0.5) is 0 Å². The highest BCUT2D eigenvalue weighted by Gasteiger charge is 2.06. The summed E-state index contributed by atoms with van der Waals surface area (Å²) in [7, 11) is 0. The van der Waals surface area contributed by atoms with Gasteiger partial charge in [0.05, 0.1) is 0 Å². The highest BCUT2D eigenvalue weighted by Crippen LogP contribution is 2.18. The monoisotopic (exact) mass is 220 g/mol. The summed E-state index contributed by atoms with van der Waals surface area (Å²) in [5.41, 5.74) is 2.19. The van der Waals surface area contributed by atoms with Gasteiger partial charge in [0.2, 0.25) is 0 Å². The summed E-state index contributed by atoms with van der Waals surface area (Å²) >= 11 is 0. The van der Waals surface area contributed by atoms with Crippen LogP contribution in [0.25, 0.3) is 5.57 Å². The summed E-state index contributed by atoms with van der Waals surface area (Å²) < 4.78 is 11.1. The van der Waals surface area contributed by atoms with Gasteiger partial charge in [-0.25, -0.2) is 0 Å². The third kappa shape index (κ3) is 3.70. The number of rotatable bonds is 6. The SMILES string of the molecule is C=C(C)c1ccc(OC(CC)OCC)cc1. The highest BCUT2D eigenvalue weighted by atomic mass is 16.7. The predicted octanol–water partition coefficient (Wildman–Crippen LogP) is 3.87. The Morgan fingerprint density at radius 2 is 1.88 bits per heavy atom. The van der Waals surface area contributed by atoms with Gasteiger partial charge in [0.15, 0.2) is 6.29 Å². The van der Waals surface area contributed by atoms with Crippen LogP contribution in [0.5, 0.6) is 5.75 Å². The Morgan fingerprint density at radius 3 is 2.31 bits per heavy atom. The second-order valence-corrected chi connectivity index (χ2v) is 3.72. The first-order valence-corrected chi connectivity index (χ1v) is 5.71. The van der Waals surface area contributed by atoms with Gasteiger partial charge < -0.3 is 9.47 Å². The standard InChI is InChI=1S/C14H20O2/c1-5-14(15-6-2)16-13-9-7-12(8-10-13)11(3)4/h7-10,14H,3,5-6H2,1-2,4H3. The van der Waals surface area contributed by atoms with Crippen LogP contribution in [0.2, 0.25) is 0 Å². The van der Waals surface area contributed by atoms with E-state index in [1.54, 1.807) is 0 Å². The van der Waals surface area contributed by atoms with Crippen molar-refractivity contribution in [1.29, 1.82) is 0 Å². The third-order valence-corrected chi connectivity index (χ3v) is 2.30. The van der Waals surface area contributed by atoms with E-state index in [9.17, 15) is 0 Å². The Morgan fingerprint density at radius 1 is 1.25 bits per heavy atom. The van der Waals surface area contributed by atoms with E-state index in [2.05, 4.69) is 6.58 Å². The normalized spacial score (nSPS) is 12.2. The summed E-state index contributed by atoms with van der Waals surface area (Å²) in [6, 6.07) is 7.92. The maximum atomic E-state index is 5.69. The van der Waals surface area contributed by atoms with Crippen molar-refractivity contribution in [2.24, 2.45) is 0 Å². The zero-order chi connectivity index (χ0) is 12.0. The largest absolute Gasteiger partial charge is 0.465 e. The second-order valence-electron chi connectivity index (χ2n) is 3.72. The van der Waals surface area contributed by atoms with Gasteiger partial charge in [-0.15, -0.1) is 0 Å². The van der Waals surface area contributed by atoms with Crippen LogP contribution >= 0.6 is 0 Å². The molecular weight excluding hydrogens is 200 g/mol. The quantitative estimate of drug-likeness (QED) is 0.677. The average Bonchev–Trinajstić information content (AvgIpc) is 2.29. The molecule has 2 nitrogen and oxygen atoms in total. The second kappa shape index (κ2) is 6.33. The van der Waals surface area contributed by atoms with E-state index >= 15 is 0 Å². The number of hydrogen-bond donors (Lipinski definition) is 0. The molecule has 0 spiro atoms. The molecule has 88 valence electrons. The first-order chi connectivity index (χ1) is 7.67. The van der Waals surface area contributed by atoms with E-state index in [1.807, 2.05) is 45.0 Å². The van der Waals surface area contributed by atoms with Gasteiger partial charge in [-0.1, -0.05) is 31.2 Å². The number of benzene rings is 1. The van der Waals surface area contributed by atoms with Crippen LogP contribution in [0, 0.1) is 0 Å². The first-order valence-electron chi connectivity index (χ1n) is 5.71. The molecule has 0 aliphatic carbocycles. The fraction of sp³-hybridized carbons (Fsp3) is 0.429. The molecule has 1 rings (SSSR count). The van der Waals surface area contributed by atoms with Crippen molar-refractivity contribution in [1.82, 2.24) is 0 Å². The number of allylic oxidation sites excluding steroid dienone is 1.